The summed E-state index contributed by atoms with van der Waals surface area (Å²) < 4.78 is 12.0. The van der Waals surface area contributed by atoms with Crippen molar-refractivity contribution < 1.29 is 28.7 Å². The SMILES string of the molecule is CC[NH+](CC)CCN1C(=O)C([O-])=C(C(=O)c2cc3cccc(OC)c3o2)C1c1ccc(Br)cc1. The van der Waals surface area contributed by atoms with Gasteiger partial charge in [-0.05, 0) is 49.4 Å². The molecule has 0 saturated carbocycles. The number of methoxy groups -OCH3 is 1. The highest BCUT2D eigenvalue weighted by Gasteiger charge is 2.40. The third-order valence-corrected chi connectivity index (χ3v) is 6.90. The van der Waals surface area contributed by atoms with Crippen LogP contribution in [0.5, 0.6) is 5.75 Å². The summed E-state index contributed by atoms with van der Waals surface area (Å²) >= 11 is 3.42. The van der Waals surface area contributed by atoms with Gasteiger partial charge in [0.2, 0.25) is 11.7 Å². The minimum atomic E-state index is -0.778. The molecule has 1 aliphatic heterocycles. The van der Waals surface area contributed by atoms with Crippen molar-refractivity contribution in [1.82, 2.24) is 4.90 Å². The minimum absolute atomic E-state index is 0.00831. The van der Waals surface area contributed by atoms with E-state index in [2.05, 4.69) is 29.8 Å². The molecule has 0 spiro atoms. The van der Waals surface area contributed by atoms with E-state index in [0.717, 1.165) is 17.6 Å². The number of hydrogen-bond donors (Lipinski definition) is 1. The average Bonchev–Trinajstić information content (AvgIpc) is 3.39. The van der Waals surface area contributed by atoms with Crippen LogP contribution in [0.25, 0.3) is 11.0 Å². The van der Waals surface area contributed by atoms with Crippen molar-refractivity contribution in [3.63, 3.8) is 0 Å². The van der Waals surface area contributed by atoms with Crippen molar-refractivity contribution >= 4 is 38.6 Å². The van der Waals surface area contributed by atoms with Crippen LogP contribution in [0, 0.1) is 0 Å². The van der Waals surface area contributed by atoms with E-state index in [1.54, 1.807) is 24.3 Å². The monoisotopic (exact) mass is 526 g/mol. The Labute approximate surface area is 206 Å². The number of furan rings is 1. The maximum atomic E-state index is 13.6. The van der Waals surface area contributed by atoms with Gasteiger partial charge in [-0.3, -0.25) is 9.59 Å². The van der Waals surface area contributed by atoms with Crippen LogP contribution in [-0.4, -0.2) is 49.9 Å². The van der Waals surface area contributed by atoms with Gasteiger partial charge in [0.15, 0.2) is 17.1 Å². The van der Waals surface area contributed by atoms with E-state index in [4.69, 9.17) is 9.15 Å². The summed E-state index contributed by atoms with van der Waals surface area (Å²) in [6.07, 6.45) is 0. The highest BCUT2D eigenvalue weighted by Crippen LogP contribution is 2.39. The maximum absolute atomic E-state index is 13.6. The Morgan fingerprint density at radius 2 is 1.88 bits per heavy atom. The Balaban J connectivity index is 1.76. The Bertz CT molecular complexity index is 1240. The number of amides is 1. The van der Waals surface area contributed by atoms with Crippen LogP contribution >= 0.6 is 15.9 Å². The van der Waals surface area contributed by atoms with Gasteiger partial charge in [-0.2, -0.15) is 0 Å². The first-order chi connectivity index (χ1) is 16.4. The topological polar surface area (TPSA) is 87.2 Å². The molecule has 2 heterocycles. The number of hydrogen-bond acceptors (Lipinski definition) is 5. The van der Waals surface area contributed by atoms with Gasteiger partial charge in [0.25, 0.3) is 0 Å². The zero-order chi connectivity index (χ0) is 24.4. The standard InChI is InChI=1S/C26H27BrN2O5/c1-4-28(5-2)13-14-29-22(16-9-11-18(27)12-10-16)21(24(31)26(29)32)23(30)20-15-17-7-6-8-19(33-3)25(17)34-20/h6-12,15,22,31H,4-5,13-14H2,1-3H3. The quantitative estimate of drug-likeness (QED) is 0.433. The Hall–Kier alpha value is -3.10. The lowest BCUT2D eigenvalue weighted by Gasteiger charge is -2.28. The molecule has 7 nitrogen and oxygen atoms in total. The van der Waals surface area contributed by atoms with Gasteiger partial charge in [-0.25, -0.2) is 0 Å². The molecule has 1 aromatic heterocycles. The lowest BCUT2D eigenvalue weighted by Crippen LogP contribution is -3.12. The molecule has 1 amide bonds. The number of para-hydroxylation sites is 1. The van der Waals surface area contributed by atoms with Crippen LogP contribution in [0.3, 0.4) is 0 Å². The molecule has 178 valence electrons. The Kier molecular flexibility index (Phi) is 7.09. The molecular weight excluding hydrogens is 500 g/mol. The van der Waals surface area contributed by atoms with Gasteiger partial charge in [0, 0.05) is 15.4 Å². The van der Waals surface area contributed by atoms with Crippen LogP contribution < -0.4 is 14.7 Å². The van der Waals surface area contributed by atoms with Crippen molar-refractivity contribution in [2.45, 2.75) is 19.9 Å². The highest BCUT2D eigenvalue weighted by molar-refractivity contribution is 9.10. The molecule has 1 atom stereocenters. The molecule has 0 bridgehead atoms. The van der Waals surface area contributed by atoms with Crippen LogP contribution in [0.1, 0.15) is 36.0 Å². The third-order valence-electron chi connectivity index (χ3n) is 6.37. The first kappa shape index (κ1) is 24.0. The molecule has 0 saturated heterocycles. The molecule has 4 rings (SSSR count). The van der Waals surface area contributed by atoms with Crippen molar-refractivity contribution in [2.24, 2.45) is 0 Å². The number of ether oxygens (including phenoxy) is 1. The van der Waals surface area contributed by atoms with Gasteiger partial charge >= 0.3 is 0 Å². The van der Waals surface area contributed by atoms with E-state index < -0.39 is 23.5 Å². The first-order valence-corrected chi connectivity index (χ1v) is 12.1. The van der Waals surface area contributed by atoms with E-state index in [0.29, 0.717) is 35.4 Å². The largest absolute Gasteiger partial charge is 0.868 e. The van der Waals surface area contributed by atoms with E-state index in [-0.39, 0.29) is 11.3 Å². The second kappa shape index (κ2) is 10.0. The highest BCUT2D eigenvalue weighted by atomic mass is 79.9. The molecule has 3 aromatic rings. The molecule has 0 aliphatic carbocycles. The Morgan fingerprint density at radius 3 is 2.53 bits per heavy atom. The number of carbonyl (C=O) groups is 2. The summed E-state index contributed by atoms with van der Waals surface area (Å²) in [7, 11) is 1.52. The Morgan fingerprint density at radius 1 is 1.18 bits per heavy atom. The van der Waals surface area contributed by atoms with Gasteiger partial charge in [-0.15, -0.1) is 0 Å². The molecule has 0 radical (unpaired) electrons. The smallest absolute Gasteiger partial charge is 0.240 e. The van der Waals surface area contributed by atoms with Gasteiger partial charge in [0.05, 0.1) is 39.3 Å². The van der Waals surface area contributed by atoms with Gasteiger partial charge in [0.1, 0.15) is 0 Å². The number of likely N-dealkylation sites (N-methyl/N-ethyl adjacent to an activating group) is 1. The number of fused-ring (bicyclic) bond motifs is 1. The van der Waals surface area contributed by atoms with Crippen molar-refractivity contribution in [2.75, 3.05) is 33.3 Å². The molecular formula is C26H27BrN2O5. The van der Waals surface area contributed by atoms with Crippen molar-refractivity contribution in [3.05, 3.63) is 75.7 Å². The average molecular weight is 527 g/mol. The van der Waals surface area contributed by atoms with Crippen LogP contribution in [0.15, 0.2) is 68.8 Å². The van der Waals surface area contributed by atoms with Crippen molar-refractivity contribution in [3.8, 4) is 5.75 Å². The minimum Gasteiger partial charge on any atom is -0.868 e. The normalized spacial score (nSPS) is 16.2. The third kappa shape index (κ3) is 4.35. The lowest BCUT2D eigenvalue weighted by atomic mass is 9.95. The van der Waals surface area contributed by atoms with Crippen LogP contribution in [0.4, 0.5) is 0 Å². The number of carbonyl (C=O) groups excluding carboxylic acids is 2. The van der Waals surface area contributed by atoms with E-state index in [1.165, 1.54) is 16.9 Å². The predicted octanol–water partition coefficient (Wildman–Crippen LogP) is 2.51. The zero-order valence-electron chi connectivity index (χ0n) is 19.4. The van der Waals surface area contributed by atoms with E-state index in [1.807, 2.05) is 24.3 Å². The molecule has 1 N–H and O–H groups in total. The maximum Gasteiger partial charge on any atom is 0.240 e. The number of Topliss-reactive ketones (excluding diaryl/α,β-unsaturated/α-hetero) is 1. The first-order valence-electron chi connectivity index (χ1n) is 11.3. The molecule has 8 heteroatoms. The second-order valence-corrected chi connectivity index (χ2v) is 9.14. The number of benzene rings is 2. The number of rotatable bonds is 9. The van der Waals surface area contributed by atoms with E-state index in [9.17, 15) is 14.7 Å². The fraction of sp³-hybridized carbons (Fsp3) is 0.308. The van der Waals surface area contributed by atoms with Crippen LogP contribution in [0.2, 0.25) is 0 Å². The summed E-state index contributed by atoms with van der Waals surface area (Å²) in [5.74, 6) is -1.52. The fourth-order valence-electron chi connectivity index (χ4n) is 4.42. The number of ketones is 1. The molecule has 2 aromatic carbocycles. The van der Waals surface area contributed by atoms with Crippen LogP contribution in [-0.2, 0) is 4.79 Å². The lowest BCUT2D eigenvalue weighted by molar-refractivity contribution is -0.895. The number of nitrogens with one attached hydrogen (secondary N) is 1. The van der Waals surface area contributed by atoms with Gasteiger partial charge in [-0.1, -0.05) is 40.2 Å². The summed E-state index contributed by atoms with van der Waals surface area (Å²) in [6, 6.07) is 13.5. The summed E-state index contributed by atoms with van der Waals surface area (Å²) in [6.45, 7) is 7.03. The summed E-state index contributed by atoms with van der Waals surface area (Å²) in [5.41, 5.74) is 1.04. The molecule has 1 aliphatic rings. The van der Waals surface area contributed by atoms with Crippen molar-refractivity contribution in [1.29, 1.82) is 0 Å². The number of nitrogens with zero attached hydrogens (tertiary/aromatic N) is 1. The summed E-state index contributed by atoms with van der Waals surface area (Å²) in [4.78, 5) is 29.6. The molecule has 0 fully saturated rings. The predicted molar refractivity (Wildman–Crippen MR) is 130 cm³/mol. The van der Waals surface area contributed by atoms with Gasteiger partial charge < -0.3 is 24.1 Å². The van der Waals surface area contributed by atoms with E-state index >= 15 is 0 Å². The number of halogens is 1. The second-order valence-electron chi connectivity index (χ2n) is 8.22. The summed E-state index contributed by atoms with van der Waals surface area (Å²) in [5, 5.41) is 13.9. The molecule has 34 heavy (non-hydrogen) atoms. The number of quaternary nitrogens is 1. The fourth-order valence-corrected chi connectivity index (χ4v) is 4.68. The molecule has 1 unspecified atom stereocenters. The zero-order valence-corrected chi connectivity index (χ0v) is 21.0.